The van der Waals surface area contributed by atoms with E-state index in [9.17, 15) is 4.57 Å². The Hall–Kier alpha value is 1.07. The molecule has 0 saturated carbocycles. The topological polar surface area (TPSA) is 66.8 Å². The molecule has 0 saturated heterocycles. The van der Waals surface area contributed by atoms with Crippen LogP contribution in [0.1, 0.15) is 13.3 Å². The highest BCUT2D eigenvalue weighted by atomic mass is 79.9. The summed E-state index contributed by atoms with van der Waals surface area (Å²) in [6, 6.07) is 0. The number of rotatable bonds is 3. The lowest BCUT2D eigenvalue weighted by atomic mass is 10.5. The first-order chi connectivity index (χ1) is 4.27. The predicted octanol–water partition coefficient (Wildman–Crippen LogP) is 1.95. The average molecular weight is 298 g/mol. The Kier molecular flexibility index (Phi) is 4.04. The molecule has 4 nitrogen and oxygen atoms in total. The van der Waals surface area contributed by atoms with Crippen LogP contribution in [-0.2, 0) is 9.09 Å². The van der Waals surface area contributed by atoms with Crippen LogP contribution in [0.4, 0.5) is 0 Å². The van der Waals surface area contributed by atoms with Gasteiger partial charge in [0.2, 0.25) is 0 Å². The summed E-state index contributed by atoms with van der Waals surface area (Å²) in [7, 11) is -4.40. The van der Waals surface area contributed by atoms with E-state index in [2.05, 4.69) is 36.4 Å². The third-order valence-corrected chi connectivity index (χ3v) is 3.16. The van der Waals surface area contributed by atoms with Gasteiger partial charge in [0.15, 0.2) is 3.42 Å². The van der Waals surface area contributed by atoms with Crippen molar-refractivity contribution >= 4 is 39.7 Å². The van der Waals surface area contributed by atoms with E-state index in [4.69, 9.17) is 9.79 Å². The van der Waals surface area contributed by atoms with Crippen LogP contribution in [0, 0.1) is 0 Å². The summed E-state index contributed by atoms with van der Waals surface area (Å²) in [6.45, 7) is 1.71. The summed E-state index contributed by atoms with van der Waals surface area (Å²) < 4.78 is 13.4. The highest BCUT2D eigenvalue weighted by Crippen LogP contribution is 2.48. The Morgan fingerprint density at radius 3 is 2.10 bits per heavy atom. The molecule has 0 unspecified atom stereocenters. The van der Waals surface area contributed by atoms with Gasteiger partial charge in [-0.3, -0.25) is 4.52 Å². The number of hydrogen-bond donors (Lipinski definition) is 2. The smallest absolute Gasteiger partial charge is 0.303 e. The summed E-state index contributed by atoms with van der Waals surface area (Å²) in [4.78, 5) is 16.6. The third kappa shape index (κ3) is 5.82. The molecule has 0 amide bonds. The first kappa shape index (κ1) is 11.1. The number of phosphoric ester groups is 1. The number of hydrogen-bond acceptors (Lipinski definition) is 2. The van der Waals surface area contributed by atoms with Crippen molar-refractivity contribution in [1.82, 2.24) is 0 Å². The predicted molar refractivity (Wildman–Crippen MR) is 44.0 cm³/mol. The Morgan fingerprint density at radius 2 is 2.00 bits per heavy atom. The van der Waals surface area contributed by atoms with Gasteiger partial charge in [-0.05, 0) is 38.3 Å². The largest absolute Gasteiger partial charge is 0.471 e. The second kappa shape index (κ2) is 3.65. The van der Waals surface area contributed by atoms with Gasteiger partial charge in [0.05, 0.1) is 0 Å². The fourth-order valence-corrected chi connectivity index (χ4v) is 1.85. The molecule has 2 N–H and O–H groups in total. The van der Waals surface area contributed by atoms with Crippen LogP contribution in [0.25, 0.3) is 0 Å². The molecule has 62 valence electrons. The molecule has 0 aliphatic heterocycles. The molecule has 0 aliphatic rings. The highest BCUT2D eigenvalue weighted by Gasteiger charge is 2.30. The molecule has 0 aromatic heterocycles. The van der Waals surface area contributed by atoms with Gasteiger partial charge in [0.25, 0.3) is 0 Å². The lowest BCUT2D eigenvalue weighted by Crippen LogP contribution is -2.12. The van der Waals surface area contributed by atoms with Crippen molar-refractivity contribution in [2.75, 3.05) is 0 Å². The summed E-state index contributed by atoms with van der Waals surface area (Å²) in [5.41, 5.74) is 0. The molecular formula is C3H7Br2O4P. The van der Waals surface area contributed by atoms with Crippen molar-refractivity contribution in [3.8, 4) is 0 Å². The van der Waals surface area contributed by atoms with Crippen LogP contribution in [0.3, 0.4) is 0 Å². The van der Waals surface area contributed by atoms with Gasteiger partial charge in [-0.1, -0.05) is 6.92 Å². The van der Waals surface area contributed by atoms with E-state index in [1.165, 1.54) is 0 Å². The Balaban J connectivity index is 4.02. The summed E-state index contributed by atoms with van der Waals surface area (Å²) >= 11 is 5.84. The highest BCUT2D eigenvalue weighted by molar-refractivity contribution is 9.25. The maximum atomic E-state index is 10.2. The van der Waals surface area contributed by atoms with Crippen molar-refractivity contribution in [3.05, 3.63) is 0 Å². The van der Waals surface area contributed by atoms with E-state index >= 15 is 0 Å². The molecule has 7 heteroatoms. The van der Waals surface area contributed by atoms with E-state index in [0.29, 0.717) is 6.42 Å². The van der Waals surface area contributed by atoms with Gasteiger partial charge in [-0.15, -0.1) is 0 Å². The molecule has 0 bridgehead atoms. The Labute approximate surface area is 75.5 Å². The summed E-state index contributed by atoms with van der Waals surface area (Å²) in [6.07, 6.45) is 0.401. The first-order valence-corrected chi connectivity index (χ1v) is 5.52. The third-order valence-electron chi connectivity index (χ3n) is 0.664. The van der Waals surface area contributed by atoms with Crippen LogP contribution in [0.5, 0.6) is 0 Å². The Morgan fingerprint density at radius 1 is 1.60 bits per heavy atom. The number of halogens is 2. The van der Waals surface area contributed by atoms with Gasteiger partial charge in [0.1, 0.15) is 0 Å². The zero-order chi connectivity index (χ0) is 8.41. The fourth-order valence-electron chi connectivity index (χ4n) is 0.239. The molecule has 0 aliphatic carbocycles. The van der Waals surface area contributed by atoms with E-state index in [-0.39, 0.29) is 0 Å². The molecule has 0 aromatic rings. The van der Waals surface area contributed by atoms with Crippen LogP contribution in [0.15, 0.2) is 0 Å². The first-order valence-electron chi connectivity index (χ1n) is 2.41. The van der Waals surface area contributed by atoms with E-state index in [1.807, 2.05) is 0 Å². The van der Waals surface area contributed by atoms with Gasteiger partial charge in [-0.2, -0.15) is 0 Å². The molecule has 0 rings (SSSR count). The van der Waals surface area contributed by atoms with Gasteiger partial charge >= 0.3 is 7.82 Å². The monoisotopic (exact) mass is 296 g/mol. The van der Waals surface area contributed by atoms with Gasteiger partial charge in [0, 0.05) is 0 Å². The minimum absolute atomic E-state index is 0.401. The molecule has 10 heavy (non-hydrogen) atoms. The quantitative estimate of drug-likeness (QED) is 0.617. The Bertz CT molecular complexity index is 153. The normalized spacial score (nSPS) is 13.7. The minimum atomic E-state index is -4.40. The zero-order valence-electron chi connectivity index (χ0n) is 5.12. The maximum Gasteiger partial charge on any atom is 0.471 e. The van der Waals surface area contributed by atoms with Crippen molar-refractivity contribution in [2.24, 2.45) is 0 Å². The van der Waals surface area contributed by atoms with Crippen molar-refractivity contribution in [2.45, 2.75) is 16.8 Å². The van der Waals surface area contributed by atoms with Crippen LogP contribution < -0.4 is 0 Å². The molecule has 0 radical (unpaired) electrons. The minimum Gasteiger partial charge on any atom is -0.303 e. The number of alkyl halides is 2. The zero-order valence-corrected chi connectivity index (χ0v) is 9.19. The van der Waals surface area contributed by atoms with Crippen LogP contribution in [-0.4, -0.2) is 13.2 Å². The van der Waals surface area contributed by atoms with Crippen molar-refractivity contribution < 1.29 is 18.9 Å². The molecule has 0 atom stereocenters. The van der Waals surface area contributed by atoms with E-state index < -0.39 is 11.2 Å². The lowest BCUT2D eigenvalue weighted by molar-refractivity contribution is 0.170. The summed E-state index contributed by atoms with van der Waals surface area (Å²) in [5, 5.41) is 0. The maximum absolute atomic E-state index is 10.2. The van der Waals surface area contributed by atoms with Crippen molar-refractivity contribution in [1.29, 1.82) is 0 Å². The number of phosphoric acid groups is 1. The molecule has 0 aromatic carbocycles. The van der Waals surface area contributed by atoms with Crippen molar-refractivity contribution in [3.63, 3.8) is 0 Å². The van der Waals surface area contributed by atoms with E-state index in [1.54, 1.807) is 6.92 Å². The standard InChI is InChI=1S/C3H7Br2O4P/c1-2-3(4,5)9-10(6,7)8/h2H2,1H3,(H2,6,7,8). The second-order valence-corrected chi connectivity index (χ2v) is 6.36. The lowest BCUT2D eigenvalue weighted by Gasteiger charge is -2.18. The van der Waals surface area contributed by atoms with Crippen LogP contribution in [0.2, 0.25) is 0 Å². The van der Waals surface area contributed by atoms with Gasteiger partial charge < -0.3 is 9.79 Å². The van der Waals surface area contributed by atoms with Gasteiger partial charge in [-0.25, -0.2) is 4.57 Å². The SMILES string of the molecule is CCC(Br)(Br)OP(=O)(O)O. The summed E-state index contributed by atoms with van der Waals surface area (Å²) in [5.74, 6) is 0. The molecule has 0 fully saturated rings. The second-order valence-electron chi connectivity index (χ2n) is 1.57. The average Bonchev–Trinajstić information content (AvgIpc) is 1.60. The molecular weight excluding hydrogens is 291 g/mol. The van der Waals surface area contributed by atoms with Crippen LogP contribution >= 0.6 is 39.7 Å². The molecule has 0 heterocycles. The van der Waals surface area contributed by atoms with E-state index in [0.717, 1.165) is 0 Å². The fraction of sp³-hybridized carbons (Fsp3) is 1.00. The molecule has 0 spiro atoms.